The SMILES string of the molecule is COc1ccc(NC(=O)c2cnc(NCc3ccccc3)nc2C)cc1. The topological polar surface area (TPSA) is 76.1 Å². The van der Waals surface area contributed by atoms with Crippen molar-refractivity contribution in [1.29, 1.82) is 0 Å². The van der Waals surface area contributed by atoms with Gasteiger partial charge < -0.3 is 15.4 Å². The number of carbonyl (C=O) groups excluding carboxylic acids is 1. The van der Waals surface area contributed by atoms with Gasteiger partial charge in [-0.15, -0.1) is 0 Å². The van der Waals surface area contributed by atoms with E-state index in [0.29, 0.717) is 29.4 Å². The summed E-state index contributed by atoms with van der Waals surface area (Å²) in [6, 6.07) is 17.1. The van der Waals surface area contributed by atoms with Crippen molar-refractivity contribution in [2.75, 3.05) is 17.7 Å². The number of rotatable bonds is 6. The van der Waals surface area contributed by atoms with Crippen LogP contribution in [0.2, 0.25) is 0 Å². The third kappa shape index (κ3) is 4.36. The molecule has 0 bridgehead atoms. The molecule has 1 heterocycles. The van der Waals surface area contributed by atoms with Gasteiger partial charge >= 0.3 is 0 Å². The number of ether oxygens (including phenoxy) is 1. The first-order valence-corrected chi connectivity index (χ1v) is 8.22. The number of nitrogens with one attached hydrogen (secondary N) is 2. The van der Waals surface area contributed by atoms with E-state index in [4.69, 9.17) is 4.74 Å². The number of amides is 1. The largest absolute Gasteiger partial charge is 0.497 e. The Morgan fingerprint density at radius 3 is 2.46 bits per heavy atom. The van der Waals surface area contributed by atoms with Crippen molar-refractivity contribution in [1.82, 2.24) is 9.97 Å². The predicted octanol–water partition coefficient (Wildman–Crippen LogP) is 3.66. The highest BCUT2D eigenvalue weighted by Crippen LogP contribution is 2.17. The van der Waals surface area contributed by atoms with Crippen molar-refractivity contribution >= 4 is 17.5 Å². The number of aryl methyl sites for hydroxylation is 1. The molecule has 0 unspecified atom stereocenters. The van der Waals surface area contributed by atoms with Crippen LogP contribution in [0.25, 0.3) is 0 Å². The summed E-state index contributed by atoms with van der Waals surface area (Å²) in [5.41, 5.74) is 2.87. The van der Waals surface area contributed by atoms with Gasteiger partial charge in [-0.1, -0.05) is 30.3 Å². The van der Waals surface area contributed by atoms with Crippen molar-refractivity contribution in [3.8, 4) is 5.75 Å². The van der Waals surface area contributed by atoms with Crippen LogP contribution in [0.1, 0.15) is 21.6 Å². The Bertz CT molecular complexity index is 880. The minimum atomic E-state index is -0.248. The van der Waals surface area contributed by atoms with E-state index in [9.17, 15) is 4.79 Å². The number of carbonyl (C=O) groups is 1. The van der Waals surface area contributed by atoms with E-state index < -0.39 is 0 Å². The van der Waals surface area contributed by atoms with Crippen LogP contribution in [-0.4, -0.2) is 23.0 Å². The lowest BCUT2D eigenvalue weighted by Gasteiger charge is -2.10. The highest BCUT2D eigenvalue weighted by molar-refractivity contribution is 6.04. The third-order valence-corrected chi connectivity index (χ3v) is 3.87. The quantitative estimate of drug-likeness (QED) is 0.711. The number of hydrogen-bond acceptors (Lipinski definition) is 5. The standard InChI is InChI=1S/C20H20N4O2/c1-14-18(19(25)24-16-8-10-17(26-2)11-9-16)13-22-20(23-14)21-12-15-6-4-3-5-7-15/h3-11,13H,12H2,1-2H3,(H,24,25)(H,21,22,23). The van der Waals surface area contributed by atoms with Crippen molar-refractivity contribution in [3.05, 3.63) is 77.6 Å². The number of benzene rings is 2. The van der Waals surface area contributed by atoms with Gasteiger partial charge in [-0.2, -0.15) is 0 Å². The van der Waals surface area contributed by atoms with E-state index >= 15 is 0 Å². The van der Waals surface area contributed by atoms with E-state index in [1.807, 2.05) is 30.3 Å². The minimum absolute atomic E-state index is 0.248. The molecule has 26 heavy (non-hydrogen) atoms. The Labute approximate surface area is 152 Å². The predicted molar refractivity (Wildman–Crippen MR) is 101 cm³/mol. The Kier molecular flexibility index (Phi) is 5.43. The molecule has 2 N–H and O–H groups in total. The van der Waals surface area contributed by atoms with Crippen molar-refractivity contribution < 1.29 is 9.53 Å². The van der Waals surface area contributed by atoms with Crippen molar-refractivity contribution in [2.45, 2.75) is 13.5 Å². The Morgan fingerprint density at radius 2 is 1.81 bits per heavy atom. The van der Waals surface area contributed by atoms with Crippen LogP contribution >= 0.6 is 0 Å². The molecule has 1 amide bonds. The molecule has 0 fully saturated rings. The fraction of sp³-hybridized carbons (Fsp3) is 0.150. The molecule has 3 aromatic rings. The highest BCUT2D eigenvalue weighted by atomic mass is 16.5. The van der Waals surface area contributed by atoms with Crippen LogP contribution in [-0.2, 0) is 6.54 Å². The summed E-state index contributed by atoms with van der Waals surface area (Å²) in [4.78, 5) is 21.1. The molecular formula is C20H20N4O2. The van der Waals surface area contributed by atoms with E-state index in [-0.39, 0.29) is 5.91 Å². The first kappa shape index (κ1) is 17.4. The number of nitrogens with zero attached hydrogens (tertiary/aromatic N) is 2. The van der Waals surface area contributed by atoms with Gasteiger partial charge in [0.1, 0.15) is 5.75 Å². The van der Waals surface area contributed by atoms with Gasteiger partial charge in [0.05, 0.1) is 18.4 Å². The van der Waals surface area contributed by atoms with Crippen LogP contribution in [0.4, 0.5) is 11.6 Å². The monoisotopic (exact) mass is 348 g/mol. The molecule has 1 aromatic heterocycles. The summed E-state index contributed by atoms with van der Waals surface area (Å²) in [5, 5.41) is 6.00. The van der Waals surface area contributed by atoms with Gasteiger partial charge in [0.15, 0.2) is 0 Å². The molecule has 0 aliphatic rings. The van der Waals surface area contributed by atoms with Gasteiger partial charge in [0.2, 0.25) is 5.95 Å². The maximum atomic E-state index is 12.4. The Hall–Kier alpha value is -3.41. The Balaban J connectivity index is 1.65. The first-order chi connectivity index (χ1) is 12.7. The first-order valence-electron chi connectivity index (χ1n) is 8.22. The summed E-state index contributed by atoms with van der Waals surface area (Å²) < 4.78 is 5.11. The summed E-state index contributed by atoms with van der Waals surface area (Å²) in [7, 11) is 1.60. The number of hydrogen-bond donors (Lipinski definition) is 2. The summed E-state index contributed by atoms with van der Waals surface area (Å²) in [5.74, 6) is 0.978. The summed E-state index contributed by atoms with van der Waals surface area (Å²) in [6.07, 6.45) is 1.54. The van der Waals surface area contributed by atoms with Gasteiger partial charge in [0, 0.05) is 18.4 Å². The summed E-state index contributed by atoms with van der Waals surface area (Å²) in [6.45, 7) is 2.41. The molecule has 0 saturated carbocycles. The number of aromatic nitrogens is 2. The van der Waals surface area contributed by atoms with E-state index in [0.717, 1.165) is 11.3 Å². The smallest absolute Gasteiger partial charge is 0.259 e. The molecular weight excluding hydrogens is 328 g/mol. The molecule has 0 spiro atoms. The van der Waals surface area contributed by atoms with Crippen LogP contribution in [0.5, 0.6) is 5.75 Å². The lowest BCUT2D eigenvalue weighted by atomic mass is 10.2. The van der Waals surface area contributed by atoms with E-state index in [1.54, 1.807) is 38.3 Å². The van der Waals surface area contributed by atoms with Gasteiger partial charge in [-0.05, 0) is 36.8 Å². The van der Waals surface area contributed by atoms with Crippen molar-refractivity contribution in [3.63, 3.8) is 0 Å². The van der Waals surface area contributed by atoms with Crippen LogP contribution in [0.15, 0.2) is 60.8 Å². The molecule has 6 nitrogen and oxygen atoms in total. The maximum absolute atomic E-state index is 12.4. The lowest BCUT2D eigenvalue weighted by Crippen LogP contribution is -2.15. The zero-order valence-electron chi connectivity index (χ0n) is 14.7. The van der Waals surface area contributed by atoms with E-state index in [2.05, 4.69) is 20.6 Å². The van der Waals surface area contributed by atoms with Gasteiger partial charge in [0.25, 0.3) is 5.91 Å². The van der Waals surface area contributed by atoms with Gasteiger partial charge in [-0.25, -0.2) is 9.97 Å². The molecule has 0 saturated heterocycles. The highest BCUT2D eigenvalue weighted by Gasteiger charge is 2.12. The number of methoxy groups -OCH3 is 1. The van der Waals surface area contributed by atoms with E-state index in [1.165, 1.54) is 6.20 Å². The minimum Gasteiger partial charge on any atom is -0.497 e. The lowest BCUT2D eigenvalue weighted by molar-refractivity contribution is 0.102. The third-order valence-electron chi connectivity index (χ3n) is 3.87. The molecule has 2 aromatic carbocycles. The molecule has 0 aliphatic heterocycles. The molecule has 0 radical (unpaired) electrons. The number of anilines is 2. The molecule has 0 aliphatic carbocycles. The maximum Gasteiger partial charge on any atom is 0.259 e. The van der Waals surface area contributed by atoms with Crippen LogP contribution < -0.4 is 15.4 Å². The van der Waals surface area contributed by atoms with Crippen LogP contribution in [0.3, 0.4) is 0 Å². The molecule has 132 valence electrons. The second-order valence-corrected chi connectivity index (χ2v) is 5.71. The molecule has 6 heteroatoms. The van der Waals surface area contributed by atoms with Crippen LogP contribution in [0, 0.1) is 6.92 Å². The average Bonchev–Trinajstić information content (AvgIpc) is 2.68. The molecule has 0 atom stereocenters. The second-order valence-electron chi connectivity index (χ2n) is 5.71. The van der Waals surface area contributed by atoms with Crippen molar-refractivity contribution in [2.24, 2.45) is 0 Å². The average molecular weight is 348 g/mol. The second kappa shape index (κ2) is 8.11. The Morgan fingerprint density at radius 1 is 1.08 bits per heavy atom. The fourth-order valence-corrected chi connectivity index (χ4v) is 2.42. The van der Waals surface area contributed by atoms with Gasteiger partial charge in [-0.3, -0.25) is 4.79 Å². The summed E-state index contributed by atoms with van der Waals surface area (Å²) >= 11 is 0. The molecule has 3 rings (SSSR count). The zero-order chi connectivity index (χ0) is 18.4. The zero-order valence-corrected chi connectivity index (χ0v) is 14.7. The normalized spacial score (nSPS) is 10.2. The fourth-order valence-electron chi connectivity index (χ4n) is 2.42.